The Bertz CT molecular complexity index is 476. The molecule has 2 rings (SSSR count). The summed E-state index contributed by atoms with van der Waals surface area (Å²) in [6, 6.07) is 3.94. The monoisotopic (exact) mass is 254 g/mol. The molecule has 0 radical (unpaired) electrons. The van der Waals surface area contributed by atoms with E-state index in [0.717, 1.165) is 15.8 Å². The minimum atomic E-state index is -0.551. The van der Waals surface area contributed by atoms with Crippen LogP contribution in [0, 0.1) is 6.92 Å². The molecule has 0 fully saturated rings. The van der Waals surface area contributed by atoms with E-state index in [1.165, 1.54) is 0 Å². The average molecular weight is 255 g/mol. The first-order chi connectivity index (χ1) is 6.59. The zero-order valence-corrected chi connectivity index (χ0v) is 9.62. The van der Waals surface area contributed by atoms with Crippen molar-refractivity contribution in [2.24, 2.45) is 0 Å². The predicted octanol–water partition coefficient (Wildman–Crippen LogP) is 2.46. The number of halogens is 1. The molecule has 1 N–H and O–H groups in total. The van der Waals surface area contributed by atoms with Gasteiger partial charge in [0.05, 0.1) is 6.10 Å². The number of aliphatic hydroxyl groups excluding tert-OH is 1. The number of hydrogen-bond donors (Lipinski definition) is 1. The van der Waals surface area contributed by atoms with Crippen LogP contribution in [-0.4, -0.2) is 14.5 Å². The summed E-state index contributed by atoms with van der Waals surface area (Å²) in [5.41, 5.74) is 2.68. The molecule has 0 spiro atoms. The third-order valence-corrected chi connectivity index (χ3v) is 2.92. The Balaban J connectivity index is 2.74. The molecule has 0 aromatic carbocycles. The Labute approximate surface area is 90.5 Å². The van der Waals surface area contributed by atoms with Crippen molar-refractivity contribution >= 4 is 21.6 Å². The van der Waals surface area contributed by atoms with E-state index in [1.54, 1.807) is 6.92 Å². The number of pyridine rings is 1. The van der Waals surface area contributed by atoms with Crippen molar-refractivity contribution in [1.82, 2.24) is 9.38 Å². The van der Waals surface area contributed by atoms with Crippen molar-refractivity contribution in [2.45, 2.75) is 20.0 Å². The first kappa shape index (κ1) is 9.68. The lowest BCUT2D eigenvalue weighted by Crippen LogP contribution is -1.92. The lowest BCUT2D eigenvalue weighted by Gasteiger charge is -1.99. The Morgan fingerprint density at radius 2 is 2.21 bits per heavy atom. The van der Waals surface area contributed by atoms with Gasteiger partial charge in [0.2, 0.25) is 0 Å². The van der Waals surface area contributed by atoms with Gasteiger partial charge in [-0.1, -0.05) is 6.07 Å². The second kappa shape index (κ2) is 3.37. The minimum Gasteiger partial charge on any atom is -0.387 e. The lowest BCUT2D eigenvalue weighted by molar-refractivity contribution is 0.194. The normalized spacial score (nSPS) is 13.4. The number of aryl methyl sites for hydroxylation is 1. The average Bonchev–Trinajstić information content (AvgIpc) is 2.44. The van der Waals surface area contributed by atoms with E-state index >= 15 is 0 Å². The van der Waals surface area contributed by atoms with Crippen molar-refractivity contribution in [2.75, 3.05) is 0 Å². The fourth-order valence-corrected chi connectivity index (χ4v) is 2.11. The molecular formula is C10H11BrN2O. The molecule has 0 saturated carbocycles. The molecule has 14 heavy (non-hydrogen) atoms. The smallest absolute Gasteiger partial charge is 0.138 e. The van der Waals surface area contributed by atoms with Crippen LogP contribution in [0.3, 0.4) is 0 Å². The Kier molecular flexibility index (Phi) is 2.33. The Hall–Kier alpha value is -0.870. The van der Waals surface area contributed by atoms with Crippen LogP contribution >= 0.6 is 15.9 Å². The largest absolute Gasteiger partial charge is 0.387 e. The lowest BCUT2D eigenvalue weighted by atomic mass is 10.3. The van der Waals surface area contributed by atoms with Crippen molar-refractivity contribution < 1.29 is 5.11 Å². The molecule has 0 aliphatic rings. The SMILES string of the molecule is Cc1ccc2nc(C(C)O)c(Br)n2c1. The summed E-state index contributed by atoms with van der Waals surface area (Å²) in [4.78, 5) is 4.32. The van der Waals surface area contributed by atoms with Crippen LogP contribution < -0.4 is 0 Å². The Morgan fingerprint density at radius 1 is 1.50 bits per heavy atom. The maximum atomic E-state index is 9.47. The number of imidazole rings is 1. The molecule has 74 valence electrons. The molecular weight excluding hydrogens is 244 g/mol. The molecule has 0 aliphatic heterocycles. The summed E-state index contributed by atoms with van der Waals surface area (Å²) >= 11 is 3.43. The van der Waals surface area contributed by atoms with E-state index in [4.69, 9.17) is 0 Å². The molecule has 0 saturated heterocycles. The highest BCUT2D eigenvalue weighted by Crippen LogP contribution is 2.24. The van der Waals surface area contributed by atoms with Gasteiger partial charge in [-0.15, -0.1) is 0 Å². The highest BCUT2D eigenvalue weighted by Gasteiger charge is 2.13. The first-order valence-electron chi connectivity index (χ1n) is 4.42. The van der Waals surface area contributed by atoms with Gasteiger partial charge < -0.3 is 5.11 Å². The number of aliphatic hydroxyl groups is 1. The third kappa shape index (κ3) is 1.44. The van der Waals surface area contributed by atoms with Gasteiger partial charge >= 0.3 is 0 Å². The standard InChI is InChI=1S/C10H11BrN2O/c1-6-3-4-8-12-9(7(2)14)10(11)13(8)5-6/h3-5,7,14H,1-2H3. The Morgan fingerprint density at radius 3 is 2.86 bits per heavy atom. The van der Waals surface area contributed by atoms with Crippen molar-refractivity contribution in [1.29, 1.82) is 0 Å². The summed E-state index contributed by atoms with van der Waals surface area (Å²) in [5, 5.41) is 9.47. The number of nitrogens with zero attached hydrogens (tertiary/aromatic N) is 2. The highest BCUT2D eigenvalue weighted by atomic mass is 79.9. The van der Waals surface area contributed by atoms with Crippen molar-refractivity contribution in [3.8, 4) is 0 Å². The van der Waals surface area contributed by atoms with Crippen LogP contribution in [0.1, 0.15) is 24.3 Å². The summed E-state index contributed by atoms with van der Waals surface area (Å²) in [6.07, 6.45) is 1.43. The molecule has 1 atom stereocenters. The van der Waals surface area contributed by atoms with E-state index in [2.05, 4.69) is 20.9 Å². The molecule has 0 bridgehead atoms. The first-order valence-corrected chi connectivity index (χ1v) is 5.21. The van der Waals surface area contributed by atoms with Gasteiger partial charge in [-0.25, -0.2) is 4.98 Å². The quantitative estimate of drug-likeness (QED) is 0.849. The van der Waals surface area contributed by atoms with Gasteiger partial charge in [0, 0.05) is 6.20 Å². The van der Waals surface area contributed by atoms with Crippen molar-refractivity contribution in [3.63, 3.8) is 0 Å². The molecule has 0 amide bonds. The predicted molar refractivity (Wildman–Crippen MR) is 58.3 cm³/mol. The topological polar surface area (TPSA) is 37.5 Å². The van der Waals surface area contributed by atoms with Gasteiger partial charge in [0.15, 0.2) is 0 Å². The maximum absolute atomic E-state index is 9.47. The second-order valence-electron chi connectivity index (χ2n) is 3.40. The summed E-state index contributed by atoms with van der Waals surface area (Å²) in [7, 11) is 0. The van der Waals surface area contributed by atoms with Gasteiger partial charge in [0.25, 0.3) is 0 Å². The number of rotatable bonds is 1. The summed E-state index contributed by atoms with van der Waals surface area (Å²) < 4.78 is 2.75. The van der Waals surface area contributed by atoms with Gasteiger partial charge in [-0.3, -0.25) is 4.40 Å². The van der Waals surface area contributed by atoms with E-state index in [1.807, 2.05) is 29.7 Å². The molecule has 1 unspecified atom stereocenters. The fraction of sp³-hybridized carbons (Fsp3) is 0.300. The van der Waals surface area contributed by atoms with E-state index in [-0.39, 0.29) is 0 Å². The van der Waals surface area contributed by atoms with Crippen LogP contribution in [0.15, 0.2) is 22.9 Å². The zero-order chi connectivity index (χ0) is 10.3. The molecule has 3 nitrogen and oxygen atoms in total. The maximum Gasteiger partial charge on any atom is 0.138 e. The second-order valence-corrected chi connectivity index (χ2v) is 4.15. The summed E-state index contributed by atoms with van der Waals surface area (Å²) in [6.45, 7) is 3.73. The van der Waals surface area contributed by atoms with Crippen LogP contribution in [0.4, 0.5) is 0 Å². The highest BCUT2D eigenvalue weighted by molar-refractivity contribution is 9.10. The minimum absolute atomic E-state index is 0.551. The fourth-order valence-electron chi connectivity index (χ4n) is 1.41. The van der Waals surface area contributed by atoms with Crippen LogP contribution in [-0.2, 0) is 0 Å². The van der Waals surface area contributed by atoms with Gasteiger partial charge in [0.1, 0.15) is 15.9 Å². The van der Waals surface area contributed by atoms with Gasteiger partial charge in [-0.2, -0.15) is 0 Å². The zero-order valence-electron chi connectivity index (χ0n) is 8.03. The molecule has 2 heterocycles. The van der Waals surface area contributed by atoms with Crippen LogP contribution in [0.5, 0.6) is 0 Å². The van der Waals surface area contributed by atoms with Gasteiger partial charge in [-0.05, 0) is 41.4 Å². The number of hydrogen-bond acceptors (Lipinski definition) is 2. The van der Waals surface area contributed by atoms with Crippen LogP contribution in [0.2, 0.25) is 0 Å². The number of fused-ring (bicyclic) bond motifs is 1. The van der Waals surface area contributed by atoms with E-state index in [9.17, 15) is 5.11 Å². The van der Waals surface area contributed by atoms with Crippen LogP contribution in [0.25, 0.3) is 5.65 Å². The third-order valence-electron chi connectivity index (χ3n) is 2.13. The number of aromatic nitrogens is 2. The molecule has 2 aromatic rings. The van der Waals surface area contributed by atoms with E-state index < -0.39 is 6.10 Å². The summed E-state index contributed by atoms with van der Waals surface area (Å²) in [5.74, 6) is 0. The molecule has 0 aliphatic carbocycles. The van der Waals surface area contributed by atoms with Crippen molar-refractivity contribution in [3.05, 3.63) is 34.2 Å². The molecule has 4 heteroatoms. The van der Waals surface area contributed by atoms with E-state index in [0.29, 0.717) is 5.69 Å². The molecule has 2 aromatic heterocycles.